The number of aryl methyl sites for hydroxylation is 1. The second-order valence-electron chi connectivity index (χ2n) is 5.62. The lowest BCUT2D eigenvalue weighted by Crippen LogP contribution is -2.22. The number of hydrazone groups is 1. The molecule has 0 N–H and O–H groups in total. The summed E-state index contributed by atoms with van der Waals surface area (Å²) in [5.41, 5.74) is 0.449. The van der Waals surface area contributed by atoms with E-state index in [1.54, 1.807) is 30.3 Å². The molecule has 26 heavy (non-hydrogen) atoms. The Morgan fingerprint density at radius 1 is 1.35 bits per heavy atom. The number of hydrogen-bond acceptors (Lipinski definition) is 7. The van der Waals surface area contributed by atoms with Crippen molar-refractivity contribution in [1.29, 1.82) is 0 Å². The van der Waals surface area contributed by atoms with E-state index >= 15 is 0 Å². The largest absolute Gasteiger partial charge is 0.405 e. The van der Waals surface area contributed by atoms with Gasteiger partial charge in [-0.15, -0.1) is 0 Å². The van der Waals surface area contributed by atoms with E-state index in [9.17, 15) is 4.79 Å². The van der Waals surface area contributed by atoms with Gasteiger partial charge in [-0.3, -0.25) is 0 Å². The van der Waals surface area contributed by atoms with E-state index in [4.69, 9.17) is 27.6 Å². The maximum absolute atomic E-state index is 12.4. The summed E-state index contributed by atoms with van der Waals surface area (Å²) < 4.78 is 6.13. The number of aromatic nitrogens is 3. The molecule has 0 saturated heterocycles. The third-order valence-corrected chi connectivity index (χ3v) is 4.86. The number of halogens is 3. The Morgan fingerprint density at radius 3 is 2.92 bits per heavy atom. The standard InChI is InChI=1S/C16H10BrCl2N5O2/c1-7-13-8(5-12(19)21-7)16(25)26-15(22-13)10-6-11(17)23-24(10)14-9(18)3-2-4-20-14/h2-5,10H,6H2,1H3. The molecule has 1 atom stereocenters. The Morgan fingerprint density at radius 2 is 2.15 bits per heavy atom. The molecule has 4 rings (SSSR count). The number of nitrogens with zero attached hydrogens (tertiary/aromatic N) is 5. The first-order chi connectivity index (χ1) is 12.4. The van der Waals surface area contributed by atoms with Gasteiger partial charge in [-0.1, -0.05) is 23.2 Å². The lowest BCUT2D eigenvalue weighted by atomic mass is 10.2. The van der Waals surface area contributed by atoms with Gasteiger partial charge in [0.25, 0.3) is 0 Å². The van der Waals surface area contributed by atoms with Crippen LogP contribution in [-0.2, 0) is 0 Å². The zero-order valence-corrected chi connectivity index (χ0v) is 16.4. The van der Waals surface area contributed by atoms with Crippen molar-refractivity contribution < 1.29 is 4.42 Å². The van der Waals surface area contributed by atoms with Crippen LogP contribution in [0.3, 0.4) is 0 Å². The second kappa shape index (κ2) is 6.61. The highest BCUT2D eigenvalue weighted by Gasteiger charge is 2.34. The topological polar surface area (TPSA) is 84.5 Å². The van der Waals surface area contributed by atoms with Gasteiger partial charge in [-0.25, -0.2) is 24.8 Å². The molecule has 0 aliphatic carbocycles. The lowest BCUT2D eigenvalue weighted by Gasteiger charge is -2.21. The molecule has 3 aromatic rings. The van der Waals surface area contributed by atoms with Crippen molar-refractivity contribution in [3.8, 4) is 0 Å². The summed E-state index contributed by atoms with van der Waals surface area (Å²) in [7, 11) is 0. The highest BCUT2D eigenvalue weighted by Crippen LogP contribution is 2.37. The lowest BCUT2D eigenvalue weighted by molar-refractivity contribution is 0.406. The van der Waals surface area contributed by atoms with E-state index < -0.39 is 11.7 Å². The third-order valence-electron chi connectivity index (χ3n) is 3.89. The van der Waals surface area contributed by atoms with E-state index in [0.29, 0.717) is 33.1 Å². The predicted octanol–water partition coefficient (Wildman–Crippen LogP) is 4.25. The summed E-state index contributed by atoms with van der Waals surface area (Å²) in [6.45, 7) is 1.74. The fourth-order valence-electron chi connectivity index (χ4n) is 2.76. The molecule has 3 aromatic heterocycles. The highest BCUT2D eigenvalue weighted by molar-refractivity contribution is 9.18. The summed E-state index contributed by atoms with van der Waals surface area (Å²) in [6, 6.07) is 4.41. The molecule has 10 heteroatoms. The van der Waals surface area contributed by atoms with Gasteiger partial charge in [-0.05, 0) is 41.1 Å². The summed E-state index contributed by atoms with van der Waals surface area (Å²) in [5, 5.41) is 6.91. The Hall–Kier alpha value is -2.03. The normalized spacial score (nSPS) is 17.0. The van der Waals surface area contributed by atoms with Crippen LogP contribution >= 0.6 is 39.1 Å². The van der Waals surface area contributed by atoms with Gasteiger partial charge >= 0.3 is 5.63 Å². The first kappa shape index (κ1) is 17.4. The zero-order chi connectivity index (χ0) is 18.4. The third kappa shape index (κ3) is 2.98. The van der Waals surface area contributed by atoms with Gasteiger partial charge in [0.15, 0.2) is 5.82 Å². The predicted molar refractivity (Wildman–Crippen MR) is 103 cm³/mol. The highest BCUT2D eigenvalue weighted by atomic mass is 79.9. The SMILES string of the molecule is Cc1nc(Cl)cc2c(=O)oc(C3CC(Br)=NN3c3ncccc3Cl)nc12. The number of fused-ring (bicyclic) bond motifs is 1. The first-order valence-corrected chi connectivity index (χ1v) is 9.09. The number of pyridine rings is 2. The molecule has 7 nitrogen and oxygen atoms in total. The van der Waals surface area contributed by atoms with E-state index in [1.165, 1.54) is 6.07 Å². The average Bonchev–Trinajstić information content (AvgIpc) is 2.97. The molecule has 0 radical (unpaired) electrons. The summed E-state index contributed by atoms with van der Waals surface area (Å²) in [4.78, 5) is 25.4. The molecular weight excluding hydrogens is 445 g/mol. The molecular formula is C16H10BrCl2N5O2. The molecule has 0 amide bonds. The molecule has 0 fully saturated rings. The number of rotatable bonds is 2. The Kier molecular flexibility index (Phi) is 4.42. The van der Waals surface area contributed by atoms with Crippen LogP contribution in [0.2, 0.25) is 10.2 Å². The van der Waals surface area contributed by atoms with Crippen LogP contribution < -0.4 is 10.6 Å². The maximum atomic E-state index is 12.4. The monoisotopic (exact) mass is 453 g/mol. The molecule has 0 bridgehead atoms. The van der Waals surface area contributed by atoms with E-state index in [2.05, 4.69) is 36.0 Å². The minimum Gasteiger partial charge on any atom is -0.405 e. The van der Waals surface area contributed by atoms with E-state index in [-0.39, 0.29) is 16.4 Å². The summed E-state index contributed by atoms with van der Waals surface area (Å²) in [5.74, 6) is 0.652. The van der Waals surface area contributed by atoms with Crippen LogP contribution in [0.15, 0.2) is 38.7 Å². The number of hydrogen-bond donors (Lipinski definition) is 0. The fourth-order valence-corrected chi connectivity index (χ4v) is 3.68. The zero-order valence-electron chi connectivity index (χ0n) is 13.3. The van der Waals surface area contributed by atoms with Crippen LogP contribution in [0.5, 0.6) is 0 Å². The summed E-state index contributed by atoms with van der Waals surface area (Å²) in [6.07, 6.45) is 2.06. The van der Waals surface area contributed by atoms with Gasteiger partial charge in [0.2, 0.25) is 5.89 Å². The molecule has 1 unspecified atom stereocenters. The molecule has 0 saturated carbocycles. The van der Waals surface area contributed by atoms with Gasteiger partial charge in [0.05, 0.1) is 16.1 Å². The molecule has 0 aromatic carbocycles. The van der Waals surface area contributed by atoms with Gasteiger partial charge in [-0.2, -0.15) is 5.10 Å². The minimum absolute atomic E-state index is 0.203. The van der Waals surface area contributed by atoms with Crippen molar-refractivity contribution in [3.05, 3.63) is 56.6 Å². The first-order valence-electron chi connectivity index (χ1n) is 7.54. The Balaban J connectivity index is 1.87. The van der Waals surface area contributed by atoms with Crippen LogP contribution in [0, 0.1) is 6.92 Å². The van der Waals surface area contributed by atoms with Gasteiger partial charge < -0.3 is 4.42 Å². The van der Waals surface area contributed by atoms with Crippen LogP contribution in [0.4, 0.5) is 5.82 Å². The Bertz CT molecular complexity index is 1120. The van der Waals surface area contributed by atoms with E-state index in [0.717, 1.165) is 0 Å². The molecule has 1 aliphatic rings. The smallest absolute Gasteiger partial charge is 0.347 e. The van der Waals surface area contributed by atoms with Crippen molar-refractivity contribution in [2.45, 2.75) is 19.4 Å². The molecule has 132 valence electrons. The quantitative estimate of drug-likeness (QED) is 0.538. The van der Waals surface area contributed by atoms with Crippen LogP contribution in [0.25, 0.3) is 10.9 Å². The van der Waals surface area contributed by atoms with Crippen LogP contribution in [0.1, 0.15) is 24.0 Å². The molecule has 1 aliphatic heterocycles. The molecule has 4 heterocycles. The Labute approximate surface area is 165 Å². The van der Waals surface area contributed by atoms with Crippen LogP contribution in [-0.4, -0.2) is 19.6 Å². The van der Waals surface area contributed by atoms with Crippen molar-refractivity contribution in [2.24, 2.45) is 5.10 Å². The maximum Gasteiger partial charge on any atom is 0.347 e. The molecule has 0 spiro atoms. The van der Waals surface area contributed by atoms with Crippen molar-refractivity contribution in [1.82, 2.24) is 15.0 Å². The number of anilines is 1. The van der Waals surface area contributed by atoms with E-state index in [1.807, 2.05) is 0 Å². The average molecular weight is 455 g/mol. The van der Waals surface area contributed by atoms with Gasteiger partial charge in [0.1, 0.15) is 21.3 Å². The van der Waals surface area contributed by atoms with Crippen molar-refractivity contribution >= 4 is 60.5 Å². The summed E-state index contributed by atoms with van der Waals surface area (Å²) >= 11 is 15.6. The van der Waals surface area contributed by atoms with Crippen molar-refractivity contribution in [2.75, 3.05) is 5.01 Å². The second-order valence-corrected chi connectivity index (χ2v) is 7.33. The fraction of sp³-hybridized carbons (Fsp3) is 0.188. The minimum atomic E-state index is -0.535. The van der Waals surface area contributed by atoms with Crippen molar-refractivity contribution in [3.63, 3.8) is 0 Å². The van der Waals surface area contributed by atoms with Gasteiger partial charge in [0, 0.05) is 12.6 Å².